The summed E-state index contributed by atoms with van der Waals surface area (Å²) in [5.41, 5.74) is 0. The van der Waals surface area contributed by atoms with Gasteiger partial charge in [-0.05, 0) is 12.8 Å². The fourth-order valence-corrected chi connectivity index (χ4v) is 3.31. The molecule has 0 bridgehead atoms. The molecule has 3 heterocycles. The van der Waals surface area contributed by atoms with Crippen molar-refractivity contribution >= 4 is 11.9 Å². The molecule has 2 unspecified atom stereocenters. The lowest BCUT2D eigenvalue weighted by molar-refractivity contribution is -0.142. The number of nitrogens with one attached hydrogen (secondary N) is 1. The van der Waals surface area contributed by atoms with Crippen molar-refractivity contribution in [2.45, 2.75) is 25.0 Å². The number of carbonyl (C=O) groups excluding carboxylic acids is 1. The number of rotatable bonds is 3. The molecule has 136 valence electrons. The lowest BCUT2D eigenvalue weighted by atomic mass is 10.2. The third-order valence-corrected chi connectivity index (χ3v) is 4.68. The highest BCUT2D eigenvalue weighted by Gasteiger charge is 2.31. The van der Waals surface area contributed by atoms with E-state index in [1.807, 2.05) is 4.90 Å². The van der Waals surface area contributed by atoms with Crippen LogP contribution >= 0.6 is 0 Å². The third-order valence-electron chi connectivity index (χ3n) is 4.68. The van der Waals surface area contributed by atoms with Crippen LogP contribution < -0.4 is 5.32 Å². The van der Waals surface area contributed by atoms with Crippen LogP contribution in [-0.4, -0.2) is 100 Å². The SMILES string of the molecule is CN=C(NCC1COCCO1)N1CCN(C(=O)C2CCCO2)CC1. The normalized spacial score (nSPS) is 29.0. The van der Waals surface area contributed by atoms with Crippen LogP contribution in [0.5, 0.6) is 0 Å². The summed E-state index contributed by atoms with van der Waals surface area (Å²) < 4.78 is 16.5. The molecule has 24 heavy (non-hydrogen) atoms. The Kier molecular flexibility index (Phi) is 6.28. The predicted molar refractivity (Wildman–Crippen MR) is 89.0 cm³/mol. The Hall–Kier alpha value is -1.38. The largest absolute Gasteiger partial charge is 0.376 e. The van der Waals surface area contributed by atoms with E-state index in [0.717, 1.165) is 31.9 Å². The first-order valence-corrected chi connectivity index (χ1v) is 8.83. The van der Waals surface area contributed by atoms with E-state index in [4.69, 9.17) is 14.2 Å². The molecule has 3 aliphatic heterocycles. The van der Waals surface area contributed by atoms with Crippen molar-refractivity contribution in [1.29, 1.82) is 0 Å². The fourth-order valence-electron chi connectivity index (χ4n) is 3.31. The molecule has 0 radical (unpaired) electrons. The van der Waals surface area contributed by atoms with Crippen LogP contribution in [0.15, 0.2) is 4.99 Å². The van der Waals surface area contributed by atoms with E-state index in [-0.39, 0.29) is 18.1 Å². The number of guanidine groups is 1. The van der Waals surface area contributed by atoms with E-state index in [9.17, 15) is 4.79 Å². The molecule has 8 nitrogen and oxygen atoms in total. The molecule has 3 aliphatic rings. The summed E-state index contributed by atoms with van der Waals surface area (Å²) in [7, 11) is 1.78. The summed E-state index contributed by atoms with van der Waals surface area (Å²) in [4.78, 5) is 20.8. The Morgan fingerprint density at radius 1 is 1.12 bits per heavy atom. The first-order valence-electron chi connectivity index (χ1n) is 8.83. The molecule has 0 aromatic carbocycles. The molecule has 2 atom stereocenters. The maximum Gasteiger partial charge on any atom is 0.251 e. The van der Waals surface area contributed by atoms with Gasteiger partial charge in [0.1, 0.15) is 6.10 Å². The van der Waals surface area contributed by atoms with Crippen LogP contribution in [0.2, 0.25) is 0 Å². The molecule has 1 N–H and O–H groups in total. The van der Waals surface area contributed by atoms with Crippen molar-refractivity contribution in [3.63, 3.8) is 0 Å². The topological polar surface area (TPSA) is 75.6 Å². The Labute approximate surface area is 143 Å². The smallest absolute Gasteiger partial charge is 0.251 e. The number of hydrogen-bond acceptors (Lipinski definition) is 5. The Bertz CT molecular complexity index is 439. The van der Waals surface area contributed by atoms with Crippen LogP contribution in [0.3, 0.4) is 0 Å². The van der Waals surface area contributed by atoms with Gasteiger partial charge in [0.15, 0.2) is 5.96 Å². The minimum absolute atomic E-state index is 0.0675. The Balaban J connectivity index is 1.43. The first-order chi connectivity index (χ1) is 11.8. The average Bonchev–Trinajstić information content (AvgIpc) is 3.18. The summed E-state index contributed by atoms with van der Waals surface area (Å²) in [6.45, 7) is 6.31. The molecule has 0 spiro atoms. The first kappa shape index (κ1) is 17.4. The van der Waals surface area contributed by atoms with E-state index in [1.54, 1.807) is 7.05 Å². The minimum atomic E-state index is -0.225. The van der Waals surface area contributed by atoms with Crippen molar-refractivity contribution in [1.82, 2.24) is 15.1 Å². The van der Waals surface area contributed by atoms with Gasteiger partial charge in [-0.2, -0.15) is 0 Å². The molecule has 3 fully saturated rings. The van der Waals surface area contributed by atoms with Crippen molar-refractivity contribution in [2.24, 2.45) is 4.99 Å². The van der Waals surface area contributed by atoms with Crippen molar-refractivity contribution in [3.05, 3.63) is 0 Å². The minimum Gasteiger partial charge on any atom is -0.376 e. The molecule has 0 aromatic rings. The van der Waals surface area contributed by atoms with Gasteiger partial charge in [-0.15, -0.1) is 0 Å². The molecule has 3 saturated heterocycles. The van der Waals surface area contributed by atoms with Gasteiger partial charge >= 0.3 is 0 Å². The number of nitrogens with zero attached hydrogens (tertiary/aromatic N) is 3. The maximum atomic E-state index is 12.4. The number of carbonyl (C=O) groups is 1. The summed E-state index contributed by atoms with van der Waals surface area (Å²) >= 11 is 0. The van der Waals surface area contributed by atoms with Crippen LogP contribution in [0, 0.1) is 0 Å². The van der Waals surface area contributed by atoms with Gasteiger partial charge in [-0.25, -0.2) is 0 Å². The zero-order valence-corrected chi connectivity index (χ0v) is 14.4. The quantitative estimate of drug-likeness (QED) is 0.541. The second-order valence-electron chi connectivity index (χ2n) is 6.31. The summed E-state index contributed by atoms with van der Waals surface area (Å²) in [5.74, 6) is 0.997. The number of hydrogen-bond donors (Lipinski definition) is 1. The molecule has 8 heteroatoms. The van der Waals surface area contributed by atoms with Crippen LogP contribution in [0.4, 0.5) is 0 Å². The lowest BCUT2D eigenvalue weighted by Gasteiger charge is -2.37. The van der Waals surface area contributed by atoms with Gasteiger partial charge in [0.05, 0.1) is 25.9 Å². The van der Waals surface area contributed by atoms with Gasteiger partial charge in [0.2, 0.25) is 0 Å². The van der Waals surface area contributed by atoms with E-state index < -0.39 is 0 Å². The highest BCUT2D eigenvalue weighted by Crippen LogP contribution is 2.16. The molecular formula is C16H28N4O4. The van der Waals surface area contributed by atoms with Gasteiger partial charge in [0, 0.05) is 46.4 Å². The zero-order valence-electron chi connectivity index (χ0n) is 14.4. The number of ether oxygens (including phenoxy) is 3. The summed E-state index contributed by atoms with van der Waals surface area (Å²) in [6.07, 6.45) is 1.68. The van der Waals surface area contributed by atoms with E-state index in [2.05, 4.69) is 15.2 Å². The van der Waals surface area contributed by atoms with Crippen molar-refractivity contribution < 1.29 is 19.0 Å². The maximum absolute atomic E-state index is 12.4. The Morgan fingerprint density at radius 3 is 2.54 bits per heavy atom. The van der Waals surface area contributed by atoms with Gasteiger partial charge in [0.25, 0.3) is 5.91 Å². The fraction of sp³-hybridized carbons (Fsp3) is 0.875. The molecule has 0 aliphatic carbocycles. The second kappa shape index (κ2) is 8.64. The molecular weight excluding hydrogens is 312 g/mol. The van der Waals surface area contributed by atoms with Crippen LogP contribution in [-0.2, 0) is 19.0 Å². The third kappa shape index (κ3) is 4.37. The number of aliphatic imine (C=N–C) groups is 1. The van der Waals surface area contributed by atoms with Gasteiger partial charge in [-0.1, -0.05) is 0 Å². The molecule has 3 rings (SSSR count). The number of piperazine rings is 1. The molecule has 1 amide bonds. The predicted octanol–water partition coefficient (Wildman–Crippen LogP) is -0.700. The van der Waals surface area contributed by atoms with Crippen LogP contribution in [0.25, 0.3) is 0 Å². The molecule has 0 aromatic heterocycles. The van der Waals surface area contributed by atoms with E-state index in [1.165, 1.54) is 0 Å². The lowest BCUT2D eigenvalue weighted by Crippen LogP contribution is -2.56. The summed E-state index contributed by atoms with van der Waals surface area (Å²) in [6, 6.07) is 0. The van der Waals surface area contributed by atoms with Gasteiger partial charge in [-0.3, -0.25) is 9.79 Å². The highest BCUT2D eigenvalue weighted by molar-refractivity contribution is 5.82. The summed E-state index contributed by atoms with van der Waals surface area (Å²) in [5, 5.41) is 3.35. The zero-order chi connectivity index (χ0) is 16.8. The van der Waals surface area contributed by atoms with Crippen molar-refractivity contribution in [2.75, 3.05) is 66.2 Å². The second-order valence-corrected chi connectivity index (χ2v) is 6.31. The monoisotopic (exact) mass is 340 g/mol. The standard InChI is InChI=1S/C16H28N4O4/c1-17-16(18-11-13-12-22-9-10-23-13)20-6-4-19(5-7-20)15(21)14-3-2-8-24-14/h13-14H,2-12H2,1H3,(H,17,18). The van der Waals surface area contributed by atoms with Crippen molar-refractivity contribution in [3.8, 4) is 0 Å². The Morgan fingerprint density at radius 2 is 1.92 bits per heavy atom. The molecule has 0 saturated carbocycles. The highest BCUT2D eigenvalue weighted by atomic mass is 16.6. The van der Waals surface area contributed by atoms with E-state index >= 15 is 0 Å². The van der Waals surface area contributed by atoms with E-state index in [0.29, 0.717) is 46.1 Å². The number of amides is 1. The average molecular weight is 340 g/mol. The van der Waals surface area contributed by atoms with Gasteiger partial charge < -0.3 is 29.3 Å². The van der Waals surface area contributed by atoms with Crippen LogP contribution in [0.1, 0.15) is 12.8 Å².